The number of carbonyl (C=O) groups excluding carboxylic acids is 1. The highest BCUT2D eigenvalue weighted by Crippen LogP contribution is 2.18. The van der Waals surface area contributed by atoms with Crippen molar-refractivity contribution >= 4 is 5.91 Å². The molecule has 0 aliphatic carbocycles. The summed E-state index contributed by atoms with van der Waals surface area (Å²) in [6.07, 6.45) is 7.30. The molecule has 102 valence electrons. The largest absolute Gasteiger partial charge is 0.352 e. The first-order chi connectivity index (χ1) is 9.28. The van der Waals surface area contributed by atoms with Gasteiger partial charge in [-0.15, -0.1) is 0 Å². The van der Waals surface area contributed by atoms with Crippen LogP contribution >= 0.6 is 0 Å². The summed E-state index contributed by atoms with van der Waals surface area (Å²) in [5, 5.41) is 2.88. The molecule has 0 aromatic carbocycles. The minimum absolute atomic E-state index is 0.0702. The Kier molecular flexibility index (Phi) is 5.10. The molecule has 1 aromatic heterocycles. The van der Waals surface area contributed by atoms with Gasteiger partial charge in [0.15, 0.2) is 0 Å². The zero-order valence-electron chi connectivity index (χ0n) is 11.2. The van der Waals surface area contributed by atoms with E-state index in [2.05, 4.69) is 33.9 Å². The third-order valence-electron chi connectivity index (χ3n) is 3.61. The standard InChI is InChI=1S/C15H21N3O/c1-2-15(19)17-11-13-5-9-18(10-6-13)12-14-3-7-16-8-4-14/h2-4,7-8,13H,1,5-6,9-12H2,(H,17,19). The lowest BCUT2D eigenvalue weighted by Gasteiger charge is -2.31. The molecule has 19 heavy (non-hydrogen) atoms. The van der Waals surface area contributed by atoms with Crippen molar-refractivity contribution in [2.75, 3.05) is 19.6 Å². The average molecular weight is 259 g/mol. The fourth-order valence-electron chi connectivity index (χ4n) is 2.41. The van der Waals surface area contributed by atoms with E-state index in [9.17, 15) is 4.79 Å². The van der Waals surface area contributed by atoms with Crippen LogP contribution < -0.4 is 5.32 Å². The minimum Gasteiger partial charge on any atom is -0.352 e. The van der Waals surface area contributed by atoms with Crippen LogP contribution in [-0.2, 0) is 11.3 Å². The van der Waals surface area contributed by atoms with E-state index >= 15 is 0 Å². The van der Waals surface area contributed by atoms with E-state index in [1.165, 1.54) is 11.6 Å². The molecule has 2 rings (SSSR count). The summed E-state index contributed by atoms with van der Waals surface area (Å²) < 4.78 is 0. The van der Waals surface area contributed by atoms with Crippen LogP contribution in [0, 0.1) is 5.92 Å². The minimum atomic E-state index is -0.0702. The third kappa shape index (κ3) is 4.48. The van der Waals surface area contributed by atoms with Crippen molar-refractivity contribution in [3.05, 3.63) is 42.7 Å². The molecule has 0 bridgehead atoms. The number of amides is 1. The highest BCUT2D eigenvalue weighted by Gasteiger charge is 2.19. The molecular formula is C15H21N3O. The molecule has 1 fully saturated rings. The smallest absolute Gasteiger partial charge is 0.243 e. The number of hydrogen-bond acceptors (Lipinski definition) is 3. The van der Waals surface area contributed by atoms with Crippen LogP contribution in [0.2, 0.25) is 0 Å². The number of likely N-dealkylation sites (tertiary alicyclic amines) is 1. The molecule has 1 aromatic rings. The predicted molar refractivity (Wildman–Crippen MR) is 75.4 cm³/mol. The second-order valence-corrected chi connectivity index (χ2v) is 5.02. The lowest BCUT2D eigenvalue weighted by atomic mass is 9.96. The highest BCUT2D eigenvalue weighted by atomic mass is 16.1. The third-order valence-corrected chi connectivity index (χ3v) is 3.61. The van der Waals surface area contributed by atoms with Gasteiger partial charge in [-0.3, -0.25) is 14.7 Å². The monoisotopic (exact) mass is 259 g/mol. The molecule has 0 spiro atoms. The Bertz CT molecular complexity index is 411. The Morgan fingerprint density at radius 2 is 2.11 bits per heavy atom. The summed E-state index contributed by atoms with van der Waals surface area (Å²) in [5.41, 5.74) is 1.31. The first kappa shape index (κ1) is 13.7. The van der Waals surface area contributed by atoms with Crippen LogP contribution in [0.25, 0.3) is 0 Å². The zero-order valence-corrected chi connectivity index (χ0v) is 11.2. The molecule has 0 saturated carbocycles. The lowest BCUT2D eigenvalue weighted by Crippen LogP contribution is -2.37. The predicted octanol–water partition coefficient (Wildman–Crippen LogP) is 1.60. The number of nitrogens with zero attached hydrogens (tertiary/aromatic N) is 2. The van der Waals surface area contributed by atoms with Gasteiger partial charge in [-0.25, -0.2) is 0 Å². The van der Waals surface area contributed by atoms with E-state index in [1.807, 2.05) is 12.4 Å². The van der Waals surface area contributed by atoms with E-state index in [4.69, 9.17) is 0 Å². The highest BCUT2D eigenvalue weighted by molar-refractivity contribution is 5.86. The summed E-state index contributed by atoms with van der Waals surface area (Å²) in [5.74, 6) is 0.525. The van der Waals surface area contributed by atoms with Crippen LogP contribution in [0.3, 0.4) is 0 Å². The molecule has 0 atom stereocenters. The van der Waals surface area contributed by atoms with E-state index in [0.717, 1.165) is 39.0 Å². The second kappa shape index (κ2) is 7.04. The van der Waals surface area contributed by atoms with Gasteiger partial charge in [-0.2, -0.15) is 0 Å². The van der Waals surface area contributed by atoms with E-state index in [0.29, 0.717) is 5.92 Å². The number of pyridine rings is 1. The number of rotatable bonds is 5. The number of carbonyl (C=O) groups is 1. The molecule has 1 saturated heterocycles. The summed E-state index contributed by atoms with van der Waals surface area (Å²) >= 11 is 0. The number of aromatic nitrogens is 1. The van der Waals surface area contributed by atoms with Gasteiger partial charge in [0, 0.05) is 25.5 Å². The summed E-state index contributed by atoms with van der Waals surface area (Å²) in [7, 11) is 0. The van der Waals surface area contributed by atoms with Gasteiger partial charge in [0.1, 0.15) is 0 Å². The van der Waals surface area contributed by atoms with E-state index in [-0.39, 0.29) is 5.91 Å². The fraction of sp³-hybridized carbons (Fsp3) is 0.467. The molecule has 0 radical (unpaired) electrons. The van der Waals surface area contributed by atoms with Crippen LogP contribution in [0.4, 0.5) is 0 Å². The molecule has 4 heteroatoms. The second-order valence-electron chi connectivity index (χ2n) is 5.02. The maximum absolute atomic E-state index is 11.1. The van der Waals surface area contributed by atoms with Crippen LogP contribution in [0.5, 0.6) is 0 Å². The molecule has 1 aliphatic heterocycles. The van der Waals surface area contributed by atoms with Gasteiger partial charge >= 0.3 is 0 Å². The normalized spacial score (nSPS) is 17.1. The SMILES string of the molecule is C=CC(=O)NCC1CCN(Cc2ccncc2)CC1. The summed E-state index contributed by atoms with van der Waals surface area (Å²) in [6, 6.07) is 4.13. The Morgan fingerprint density at radius 1 is 1.42 bits per heavy atom. The first-order valence-corrected chi connectivity index (χ1v) is 6.79. The molecular weight excluding hydrogens is 238 g/mol. The first-order valence-electron chi connectivity index (χ1n) is 6.79. The van der Waals surface area contributed by atoms with Crippen LogP contribution in [0.1, 0.15) is 18.4 Å². The number of hydrogen-bond donors (Lipinski definition) is 1. The van der Waals surface area contributed by atoms with E-state index < -0.39 is 0 Å². The van der Waals surface area contributed by atoms with Gasteiger partial charge in [-0.1, -0.05) is 6.58 Å². The molecule has 1 aliphatic rings. The average Bonchev–Trinajstić information content (AvgIpc) is 2.47. The Labute approximate surface area is 114 Å². The number of nitrogens with one attached hydrogen (secondary N) is 1. The lowest BCUT2D eigenvalue weighted by molar-refractivity contribution is -0.116. The van der Waals surface area contributed by atoms with Crippen molar-refractivity contribution < 1.29 is 4.79 Å². The summed E-state index contributed by atoms with van der Waals surface area (Å²) in [6.45, 7) is 7.41. The van der Waals surface area contributed by atoms with Gasteiger partial charge in [0.2, 0.25) is 5.91 Å². The topological polar surface area (TPSA) is 45.2 Å². The Morgan fingerprint density at radius 3 is 2.74 bits per heavy atom. The molecule has 0 unspecified atom stereocenters. The fourth-order valence-corrected chi connectivity index (χ4v) is 2.41. The van der Waals surface area contributed by atoms with Crippen molar-refractivity contribution in [1.29, 1.82) is 0 Å². The van der Waals surface area contributed by atoms with Crippen molar-refractivity contribution in [2.45, 2.75) is 19.4 Å². The van der Waals surface area contributed by atoms with Crippen molar-refractivity contribution in [2.24, 2.45) is 5.92 Å². The van der Waals surface area contributed by atoms with Gasteiger partial charge in [-0.05, 0) is 55.6 Å². The molecule has 2 heterocycles. The number of piperidine rings is 1. The maximum Gasteiger partial charge on any atom is 0.243 e. The van der Waals surface area contributed by atoms with Crippen LogP contribution in [-0.4, -0.2) is 35.4 Å². The Balaban J connectivity index is 1.70. The molecule has 4 nitrogen and oxygen atoms in total. The molecule has 1 amide bonds. The van der Waals surface area contributed by atoms with Gasteiger partial charge < -0.3 is 5.32 Å². The van der Waals surface area contributed by atoms with Gasteiger partial charge in [0.05, 0.1) is 0 Å². The maximum atomic E-state index is 11.1. The molecule has 1 N–H and O–H groups in total. The van der Waals surface area contributed by atoms with Crippen molar-refractivity contribution in [3.63, 3.8) is 0 Å². The van der Waals surface area contributed by atoms with Crippen molar-refractivity contribution in [1.82, 2.24) is 15.2 Å². The zero-order chi connectivity index (χ0) is 13.5. The quantitative estimate of drug-likeness (QED) is 0.817. The van der Waals surface area contributed by atoms with Crippen LogP contribution in [0.15, 0.2) is 37.2 Å². The summed E-state index contributed by atoms with van der Waals surface area (Å²) in [4.78, 5) is 17.6. The Hall–Kier alpha value is -1.68. The van der Waals surface area contributed by atoms with Crippen molar-refractivity contribution in [3.8, 4) is 0 Å². The van der Waals surface area contributed by atoms with Gasteiger partial charge in [0.25, 0.3) is 0 Å². The van der Waals surface area contributed by atoms with E-state index in [1.54, 1.807) is 0 Å².